The zero-order valence-electron chi connectivity index (χ0n) is 9.70. The van der Waals surface area contributed by atoms with Gasteiger partial charge in [-0.25, -0.2) is 9.13 Å². The molecule has 0 aliphatic carbocycles. The first-order chi connectivity index (χ1) is 8.84. The molecule has 0 atom stereocenters. The maximum Gasteiger partial charge on any atom is 0.254 e. The van der Waals surface area contributed by atoms with Gasteiger partial charge in [-0.05, 0) is 40.2 Å². The first-order valence-corrected chi connectivity index (χ1v) is 6.53. The number of rotatable bonds is 2. The molecule has 0 aliphatic rings. The Morgan fingerprint density at radius 3 is 2.39 bits per heavy atom. The number of aromatic nitrogens is 2. The molecule has 0 bridgehead atoms. The van der Waals surface area contributed by atoms with Crippen molar-refractivity contribution in [3.63, 3.8) is 0 Å². The molecule has 0 unspecified atom stereocenters. The van der Waals surface area contributed by atoms with Gasteiger partial charge in [0, 0.05) is 0 Å². The Hall–Kier alpha value is -1.87. The quantitative estimate of drug-likeness (QED) is 0.640. The number of imidazole rings is 1. The van der Waals surface area contributed by atoms with Crippen LogP contribution in [-0.4, -0.2) is 4.57 Å². The predicted molar refractivity (Wildman–Crippen MR) is 75.0 cm³/mol. The second kappa shape index (κ2) is 4.78. The first kappa shape index (κ1) is 11.2. The van der Waals surface area contributed by atoms with Gasteiger partial charge in [0.25, 0.3) is 6.33 Å². The SMILES string of the molecule is Brc1ccccc1-[n+]1ccn(-c2ccccc2)c1. The lowest BCUT2D eigenvalue weighted by Gasteiger charge is -1.98. The second-order valence-corrected chi connectivity index (χ2v) is 4.87. The van der Waals surface area contributed by atoms with Crippen LogP contribution in [0.3, 0.4) is 0 Å². The monoisotopic (exact) mass is 299 g/mol. The average Bonchev–Trinajstić information content (AvgIpc) is 2.90. The molecule has 0 aliphatic heterocycles. The lowest BCUT2D eigenvalue weighted by Crippen LogP contribution is -2.27. The van der Waals surface area contributed by atoms with Crippen molar-refractivity contribution in [3.05, 3.63) is 77.8 Å². The topological polar surface area (TPSA) is 8.81 Å². The fraction of sp³-hybridized carbons (Fsp3) is 0. The molecule has 3 heteroatoms. The molecule has 0 saturated heterocycles. The van der Waals surface area contributed by atoms with Gasteiger partial charge in [0.15, 0.2) is 0 Å². The van der Waals surface area contributed by atoms with E-state index in [0.29, 0.717) is 0 Å². The summed E-state index contributed by atoms with van der Waals surface area (Å²) in [5.74, 6) is 0. The van der Waals surface area contributed by atoms with Crippen LogP contribution in [0.2, 0.25) is 0 Å². The smallest absolute Gasteiger partial charge is 0.202 e. The second-order valence-electron chi connectivity index (χ2n) is 4.02. The van der Waals surface area contributed by atoms with Crippen LogP contribution in [0.25, 0.3) is 11.4 Å². The fourth-order valence-corrected chi connectivity index (χ4v) is 2.40. The molecule has 0 fully saturated rings. The Bertz CT molecular complexity index is 659. The van der Waals surface area contributed by atoms with E-state index in [1.807, 2.05) is 42.6 Å². The minimum atomic E-state index is 1.08. The van der Waals surface area contributed by atoms with Crippen LogP contribution in [-0.2, 0) is 0 Å². The van der Waals surface area contributed by atoms with Gasteiger partial charge < -0.3 is 0 Å². The van der Waals surface area contributed by atoms with E-state index in [2.05, 4.69) is 55.8 Å². The van der Waals surface area contributed by atoms with Gasteiger partial charge in [0.05, 0.1) is 4.47 Å². The van der Waals surface area contributed by atoms with E-state index in [4.69, 9.17) is 0 Å². The van der Waals surface area contributed by atoms with E-state index in [1.54, 1.807) is 0 Å². The highest BCUT2D eigenvalue weighted by Gasteiger charge is 2.10. The third-order valence-electron chi connectivity index (χ3n) is 2.82. The van der Waals surface area contributed by atoms with Crippen LogP contribution < -0.4 is 4.57 Å². The Morgan fingerprint density at radius 2 is 1.61 bits per heavy atom. The molecular formula is C15H12BrN2+. The maximum absolute atomic E-state index is 3.57. The number of hydrogen-bond acceptors (Lipinski definition) is 0. The highest BCUT2D eigenvalue weighted by Crippen LogP contribution is 2.15. The predicted octanol–water partition coefficient (Wildman–Crippen LogP) is 3.52. The van der Waals surface area contributed by atoms with Crippen LogP contribution in [0.5, 0.6) is 0 Å². The summed E-state index contributed by atoms with van der Waals surface area (Å²) >= 11 is 3.57. The zero-order valence-corrected chi connectivity index (χ0v) is 11.3. The standard InChI is InChI=1S/C15H12BrN2/c16-14-8-4-5-9-15(14)18-11-10-17(12-18)13-6-2-1-3-7-13/h1-12H/q+1. The molecule has 3 aromatic rings. The number of benzene rings is 2. The molecule has 0 saturated carbocycles. The third-order valence-corrected chi connectivity index (χ3v) is 3.49. The Morgan fingerprint density at radius 1 is 0.889 bits per heavy atom. The van der Waals surface area contributed by atoms with Crippen molar-refractivity contribution in [2.45, 2.75) is 0 Å². The van der Waals surface area contributed by atoms with Crippen molar-refractivity contribution in [2.75, 3.05) is 0 Å². The summed E-state index contributed by atoms with van der Waals surface area (Å²) in [6, 6.07) is 18.5. The molecule has 0 radical (unpaired) electrons. The van der Waals surface area contributed by atoms with Gasteiger partial charge in [-0.3, -0.25) is 0 Å². The number of hydrogen-bond donors (Lipinski definition) is 0. The van der Waals surface area contributed by atoms with Crippen molar-refractivity contribution in [3.8, 4) is 11.4 Å². The Labute approximate surface area is 114 Å². The Kier molecular flexibility index (Phi) is 2.99. The molecule has 1 heterocycles. The first-order valence-electron chi connectivity index (χ1n) is 5.74. The lowest BCUT2D eigenvalue weighted by atomic mass is 10.3. The van der Waals surface area contributed by atoms with Crippen LogP contribution in [0.4, 0.5) is 0 Å². The number of nitrogens with zero attached hydrogens (tertiary/aromatic N) is 2. The molecule has 3 rings (SSSR count). The van der Waals surface area contributed by atoms with E-state index < -0.39 is 0 Å². The summed E-state index contributed by atoms with van der Waals surface area (Å²) < 4.78 is 5.28. The fourth-order valence-electron chi connectivity index (χ4n) is 1.91. The van der Waals surface area contributed by atoms with Gasteiger partial charge in [0.2, 0.25) is 0 Å². The van der Waals surface area contributed by atoms with E-state index in [-0.39, 0.29) is 0 Å². The third kappa shape index (κ3) is 2.09. The van der Waals surface area contributed by atoms with E-state index in [1.165, 1.54) is 0 Å². The van der Waals surface area contributed by atoms with Crippen molar-refractivity contribution in [1.82, 2.24) is 4.57 Å². The van der Waals surface area contributed by atoms with Crippen molar-refractivity contribution in [2.24, 2.45) is 0 Å². The molecule has 0 spiro atoms. The normalized spacial score (nSPS) is 10.5. The molecule has 0 N–H and O–H groups in total. The highest BCUT2D eigenvalue weighted by atomic mass is 79.9. The summed E-state index contributed by atoms with van der Waals surface area (Å²) in [6.07, 6.45) is 6.16. The summed E-state index contributed by atoms with van der Waals surface area (Å²) in [7, 11) is 0. The van der Waals surface area contributed by atoms with Gasteiger partial charge >= 0.3 is 0 Å². The molecule has 0 amide bonds. The van der Waals surface area contributed by atoms with Crippen LogP contribution >= 0.6 is 15.9 Å². The molecule has 1 aromatic heterocycles. The van der Waals surface area contributed by atoms with E-state index >= 15 is 0 Å². The van der Waals surface area contributed by atoms with Gasteiger partial charge in [-0.15, -0.1) is 0 Å². The average molecular weight is 300 g/mol. The molecular weight excluding hydrogens is 288 g/mol. The van der Waals surface area contributed by atoms with Crippen molar-refractivity contribution in [1.29, 1.82) is 0 Å². The van der Waals surface area contributed by atoms with E-state index in [0.717, 1.165) is 15.8 Å². The van der Waals surface area contributed by atoms with Gasteiger partial charge in [-0.1, -0.05) is 30.3 Å². The number of halogens is 1. The molecule has 88 valence electrons. The van der Waals surface area contributed by atoms with Crippen molar-refractivity contribution >= 4 is 15.9 Å². The van der Waals surface area contributed by atoms with Gasteiger partial charge in [0.1, 0.15) is 23.8 Å². The van der Waals surface area contributed by atoms with Gasteiger partial charge in [-0.2, -0.15) is 0 Å². The Balaban J connectivity index is 2.03. The van der Waals surface area contributed by atoms with E-state index in [9.17, 15) is 0 Å². The highest BCUT2D eigenvalue weighted by molar-refractivity contribution is 9.10. The molecule has 2 nitrogen and oxygen atoms in total. The zero-order chi connectivity index (χ0) is 12.4. The van der Waals surface area contributed by atoms with Crippen LogP contribution in [0.15, 0.2) is 77.8 Å². The maximum atomic E-state index is 3.57. The summed E-state index contributed by atoms with van der Waals surface area (Å²) in [5, 5.41) is 0. The van der Waals surface area contributed by atoms with Crippen LogP contribution in [0, 0.1) is 0 Å². The summed E-state index contributed by atoms with van der Waals surface area (Å²) in [4.78, 5) is 0. The minimum Gasteiger partial charge on any atom is -0.202 e. The summed E-state index contributed by atoms with van der Waals surface area (Å²) in [5.41, 5.74) is 2.29. The van der Waals surface area contributed by atoms with Crippen molar-refractivity contribution < 1.29 is 4.57 Å². The molecule has 18 heavy (non-hydrogen) atoms. The van der Waals surface area contributed by atoms with Crippen LogP contribution in [0.1, 0.15) is 0 Å². The summed E-state index contributed by atoms with van der Waals surface area (Å²) in [6.45, 7) is 0. The largest absolute Gasteiger partial charge is 0.254 e. The molecule has 2 aromatic carbocycles. The lowest BCUT2D eigenvalue weighted by molar-refractivity contribution is -0.595. The number of para-hydroxylation sites is 2. The minimum absolute atomic E-state index is 1.08.